The molecule has 0 fully saturated rings. The Balaban J connectivity index is 1.99. The summed E-state index contributed by atoms with van der Waals surface area (Å²) in [6, 6.07) is 5.28. The number of carbonyl (C=O) groups is 2. The average molecular weight is 511 g/mol. The quantitative estimate of drug-likeness (QED) is 0.170. The lowest BCUT2D eigenvalue weighted by atomic mass is 10.2. The average Bonchev–Trinajstić information content (AvgIpc) is 2.71. The van der Waals surface area contributed by atoms with Crippen LogP contribution in [0.1, 0.15) is 23.9 Å². The van der Waals surface area contributed by atoms with Crippen LogP contribution in [0.2, 0.25) is 0 Å². The monoisotopic (exact) mass is 510 g/mol. The van der Waals surface area contributed by atoms with Crippen LogP contribution in [-0.2, 0) is 14.3 Å². The highest BCUT2D eigenvalue weighted by Gasteiger charge is 2.14. The van der Waals surface area contributed by atoms with Crippen molar-refractivity contribution in [3.05, 3.63) is 39.6 Å². The third kappa shape index (κ3) is 8.18. The number of esters is 1. The number of nitrogens with zero attached hydrogens (tertiary/aromatic N) is 3. The van der Waals surface area contributed by atoms with E-state index in [-0.39, 0.29) is 18.3 Å². The first-order chi connectivity index (χ1) is 14.8. The summed E-state index contributed by atoms with van der Waals surface area (Å²) in [6.07, 6.45) is 1.48. The van der Waals surface area contributed by atoms with Gasteiger partial charge in [-0.1, -0.05) is 11.8 Å². The fraction of sp³-hybridized carbons (Fsp3) is 0.350. The van der Waals surface area contributed by atoms with Gasteiger partial charge in [-0.2, -0.15) is 5.10 Å². The zero-order valence-electron chi connectivity index (χ0n) is 17.6. The van der Waals surface area contributed by atoms with Crippen LogP contribution in [0.3, 0.4) is 0 Å². The van der Waals surface area contributed by atoms with Crippen LogP contribution in [-0.4, -0.2) is 54.1 Å². The molecule has 0 aliphatic rings. The largest absolute Gasteiger partial charge is 0.490 e. The van der Waals surface area contributed by atoms with Crippen molar-refractivity contribution in [1.82, 2.24) is 15.4 Å². The second kappa shape index (κ2) is 12.3. The zero-order valence-corrected chi connectivity index (χ0v) is 20.0. The van der Waals surface area contributed by atoms with Gasteiger partial charge in [0.1, 0.15) is 0 Å². The zero-order chi connectivity index (χ0) is 22.8. The predicted octanol–water partition coefficient (Wildman–Crippen LogP) is 3.05. The second-order valence-corrected chi connectivity index (χ2v) is 7.94. The van der Waals surface area contributed by atoms with Crippen LogP contribution in [0, 0.1) is 13.8 Å². The molecule has 0 atom stereocenters. The number of nitrogens with one attached hydrogen (secondary N) is 1. The Labute approximate surface area is 193 Å². The molecule has 0 bridgehead atoms. The Hall–Kier alpha value is -2.66. The summed E-state index contributed by atoms with van der Waals surface area (Å²) in [4.78, 5) is 32.0. The van der Waals surface area contributed by atoms with Gasteiger partial charge in [-0.3, -0.25) is 4.79 Å². The van der Waals surface area contributed by atoms with Crippen molar-refractivity contribution in [3.63, 3.8) is 0 Å². The van der Waals surface area contributed by atoms with E-state index in [9.17, 15) is 9.59 Å². The van der Waals surface area contributed by atoms with Crippen molar-refractivity contribution in [2.75, 3.05) is 26.1 Å². The van der Waals surface area contributed by atoms with Gasteiger partial charge >= 0.3 is 5.97 Å². The second-order valence-electron chi connectivity index (χ2n) is 6.14. The number of methoxy groups -OCH3 is 1. The number of carbonyl (C=O) groups excluding carboxylic acids is 2. The Morgan fingerprint density at radius 1 is 1.19 bits per heavy atom. The number of aryl methyl sites for hydroxylation is 2. The molecule has 2 aromatic rings. The first-order valence-corrected chi connectivity index (χ1v) is 11.0. The molecule has 31 heavy (non-hydrogen) atoms. The van der Waals surface area contributed by atoms with Crippen molar-refractivity contribution in [1.29, 1.82) is 0 Å². The summed E-state index contributed by atoms with van der Waals surface area (Å²) in [5.74, 6) is 0.140. The molecule has 0 aliphatic carbocycles. The molecule has 0 saturated carbocycles. The minimum atomic E-state index is -0.508. The summed E-state index contributed by atoms with van der Waals surface area (Å²) in [5.41, 5.74) is 4.83. The predicted molar refractivity (Wildman–Crippen MR) is 121 cm³/mol. The van der Waals surface area contributed by atoms with E-state index in [1.165, 1.54) is 25.1 Å². The van der Waals surface area contributed by atoms with Crippen molar-refractivity contribution < 1.29 is 23.8 Å². The van der Waals surface area contributed by atoms with Gasteiger partial charge in [0.05, 0.1) is 30.2 Å². The van der Waals surface area contributed by atoms with Gasteiger partial charge < -0.3 is 14.2 Å². The smallest absolute Gasteiger partial charge is 0.343 e. The first kappa shape index (κ1) is 24.6. The molecule has 2 rings (SSSR count). The van der Waals surface area contributed by atoms with E-state index >= 15 is 0 Å². The Morgan fingerprint density at radius 3 is 2.55 bits per heavy atom. The number of hydrogen-bond acceptors (Lipinski definition) is 9. The third-order valence-electron chi connectivity index (χ3n) is 3.59. The van der Waals surface area contributed by atoms with Crippen LogP contribution < -0.4 is 14.9 Å². The van der Waals surface area contributed by atoms with Crippen LogP contribution >= 0.6 is 27.7 Å². The molecular formula is C20H23BrN4O5S. The molecule has 1 amide bonds. The van der Waals surface area contributed by atoms with Gasteiger partial charge in [-0.15, -0.1) is 0 Å². The van der Waals surface area contributed by atoms with Crippen LogP contribution in [0.25, 0.3) is 0 Å². The van der Waals surface area contributed by atoms with Crippen molar-refractivity contribution >= 4 is 45.8 Å². The fourth-order valence-corrected chi connectivity index (χ4v) is 3.67. The molecule has 1 heterocycles. The summed E-state index contributed by atoms with van der Waals surface area (Å²) < 4.78 is 16.2. The van der Waals surface area contributed by atoms with Gasteiger partial charge in [-0.05, 0) is 60.5 Å². The Kier molecular flexibility index (Phi) is 9.73. The number of hydrogen-bond donors (Lipinski definition) is 1. The number of hydrazone groups is 1. The number of amides is 1. The number of aromatic nitrogens is 2. The molecular weight excluding hydrogens is 488 g/mol. The van der Waals surface area contributed by atoms with E-state index < -0.39 is 5.97 Å². The van der Waals surface area contributed by atoms with Crippen molar-refractivity contribution in [2.45, 2.75) is 25.9 Å². The van der Waals surface area contributed by atoms with Crippen LogP contribution in [0.4, 0.5) is 0 Å². The summed E-state index contributed by atoms with van der Waals surface area (Å²) in [5, 5.41) is 4.52. The maximum Gasteiger partial charge on any atom is 0.343 e. The van der Waals surface area contributed by atoms with E-state index in [4.69, 9.17) is 9.47 Å². The molecule has 1 N–H and O–H groups in total. The highest BCUT2D eigenvalue weighted by atomic mass is 79.9. The molecule has 9 nitrogen and oxygen atoms in total. The van der Waals surface area contributed by atoms with Crippen LogP contribution in [0.5, 0.6) is 11.5 Å². The number of ether oxygens (including phenoxy) is 3. The fourth-order valence-electron chi connectivity index (χ4n) is 2.35. The molecule has 1 aromatic carbocycles. The Bertz CT molecular complexity index is 951. The normalized spacial score (nSPS) is 10.7. The van der Waals surface area contributed by atoms with Gasteiger partial charge in [0.2, 0.25) is 0 Å². The summed E-state index contributed by atoms with van der Waals surface area (Å²) in [7, 11) is 1.28. The van der Waals surface area contributed by atoms with Crippen LogP contribution in [0.15, 0.2) is 32.9 Å². The maximum atomic E-state index is 12.0. The van der Waals surface area contributed by atoms with E-state index in [1.807, 2.05) is 26.8 Å². The molecule has 1 aromatic heterocycles. The van der Waals surface area contributed by atoms with Gasteiger partial charge in [-0.25, -0.2) is 20.2 Å². The topological polar surface area (TPSA) is 112 Å². The van der Waals surface area contributed by atoms with Gasteiger partial charge in [0.15, 0.2) is 23.3 Å². The highest BCUT2D eigenvalue weighted by molar-refractivity contribution is 9.10. The number of benzene rings is 1. The minimum Gasteiger partial charge on any atom is -0.490 e. The SMILES string of the molecule is CCOc1cc(/C=N\NC(=O)CSc2nc(C)cc(C)n2)cc(Br)c1OCC(=O)OC. The van der Waals surface area contributed by atoms with Crippen molar-refractivity contribution in [3.8, 4) is 11.5 Å². The molecule has 0 unspecified atom stereocenters. The summed E-state index contributed by atoms with van der Waals surface area (Å²) >= 11 is 4.64. The lowest BCUT2D eigenvalue weighted by Crippen LogP contribution is -2.19. The Morgan fingerprint density at radius 2 is 1.90 bits per heavy atom. The lowest BCUT2D eigenvalue weighted by Gasteiger charge is -2.13. The number of halogens is 1. The maximum absolute atomic E-state index is 12.0. The lowest BCUT2D eigenvalue weighted by molar-refractivity contribution is -0.143. The van der Waals surface area contributed by atoms with Gasteiger partial charge in [0, 0.05) is 11.4 Å². The molecule has 11 heteroatoms. The minimum absolute atomic E-state index is 0.133. The van der Waals surface area contributed by atoms with Crippen molar-refractivity contribution in [2.24, 2.45) is 5.10 Å². The summed E-state index contributed by atoms with van der Waals surface area (Å²) in [6.45, 7) is 5.74. The third-order valence-corrected chi connectivity index (χ3v) is 5.03. The van der Waals surface area contributed by atoms with E-state index in [2.05, 4.69) is 41.2 Å². The molecule has 166 valence electrons. The van der Waals surface area contributed by atoms with E-state index in [1.54, 1.807) is 12.1 Å². The standard InChI is InChI=1S/C20H23BrN4O5S/c1-5-29-16-8-14(7-15(21)19(16)30-10-18(27)28-4)9-22-25-17(26)11-31-20-23-12(2)6-13(3)24-20/h6-9H,5,10-11H2,1-4H3,(H,25,26)/b22-9-. The highest BCUT2D eigenvalue weighted by Crippen LogP contribution is 2.36. The number of rotatable bonds is 10. The molecule has 0 spiro atoms. The molecule has 0 saturated heterocycles. The number of thioether (sulfide) groups is 1. The first-order valence-electron chi connectivity index (χ1n) is 9.25. The van der Waals surface area contributed by atoms with E-state index in [0.717, 1.165) is 11.4 Å². The molecule has 0 aliphatic heterocycles. The van der Waals surface area contributed by atoms with E-state index in [0.29, 0.717) is 33.3 Å². The molecule has 0 radical (unpaired) electrons. The van der Waals surface area contributed by atoms with Gasteiger partial charge in [0.25, 0.3) is 5.91 Å².